The number of anilines is 1. The summed E-state index contributed by atoms with van der Waals surface area (Å²) < 4.78 is 15.4. The number of rotatable bonds is 5. The van der Waals surface area contributed by atoms with Crippen molar-refractivity contribution in [2.45, 2.75) is 37.4 Å². The number of hydrogen-bond donors (Lipinski definition) is 1. The van der Waals surface area contributed by atoms with Gasteiger partial charge in [-0.3, -0.25) is 4.79 Å². The van der Waals surface area contributed by atoms with E-state index in [0.29, 0.717) is 16.4 Å². The van der Waals surface area contributed by atoms with E-state index in [9.17, 15) is 9.18 Å². The van der Waals surface area contributed by atoms with Crippen LogP contribution in [0.1, 0.15) is 26.3 Å². The fraction of sp³-hybridized carbons (Fsp3) is 0.250. The Balaban J connectivity index is 1.85. The van der Waals surface area contributed by atoms with E-state index in [1.807, 2.05) is 45.0 Å². The van der Waals surface area contributed by atoms with Crippen molar-refractivity contribution >= 4 is 39.3 Å². The van der Waals surface area contributed by atoms with Gasteiger partial charge in [0, 0.05) is 10.3 Å². The van der Waals surface area contributed by atoms with Crippen molar-refractivity contribution in [3.8, 4) is 0 Å². The van der Waals surface area contributed by atoms with Crippen LogP contribution in [0.3, 0.4) is 0 Å². The lowest BCUT2D eigenvalue weighted by Crippen LogP contribution is -2.27. The molecule has 8 heteroatoms. The molecular weight excluding hydrogens is 443 g/mol. The maximum atomic E-state index is 13.1. The summed E-state index contributed by atoms with van der Waals surface area (Å²) in [7, 11) is 0. The second kappa shape index (κ2) is 8.45. The van der Waals surface area contributed by atoms with Crippen molar-refractivity contribution in [2.24, 2.45) is 5.41 Å². The van der Waals surface area contributed by atoms with E-state index in [1.165, 1.54) is 23.9 Å². The predicted octanol–water partition coefficient (Wildman–Crippen LogP) is 5.36. The molecule has 3 rings (SSSR count). The molecule has 28 heavy (non-hydrogen) atoms. The first-order valence-corrected chi connectivity index (χ1v) is 10.3. The molecule has 0 aliphatic rings. The van der Waals surface area contributed by atoms with Crippen molar-refractivity contribution in [3.63, 3.8) is 0 Å². The third kappa shape index (κ3) is 5.20. The first-order valence-electron chi connectivity index (χ1n) is 8.65. The van der Waals surface area contributed by atoms with Crippen LogP contribution in [-0.2, 0) is 11.3 Å². The molecule has 1 heterocycles. The average molecular weight is 463 g/mol. The zero-order chi connectivity index (χ0) is 20.3. The Kier molecular flexibility index (Phi) is 6.20. The average Bonchev–Trinajstić information content (AvgIpc) is 2.97. The normalized spacial score (nSPS) is 11.5. The molecule has 1 aromatic heterocycles. The highest BCUT2D eigenvalue weighted by Gasteiger charge is 2.22. The minimum absolute atomic E-state index is 0.0606. The van der Waals surface area contributed by atoms with Gasteiger partial charge in [-0.1, -0.05) is 45.0 Å². The first-order chi connectivity index (χ1) is 13.2. The number of nitrogens with one attached hydrogen (secondary N) is 1. The van der Waals surface area contributed by atoms with Gasteiger partial charge in [-0.05, 0) is 57.5 Å². The Morgan fingerprint density at radius 2 is 1.86 bits per heavy atom. The van der Waals surface area contributed by atoms with Crippen molar-refractivity contribution in [3.05, 3.63) is 64.6 Å². The topological polar surface area (TPSA) is 59.8 Å². The molecule has 3 aromatic rings. The minimum Gasteiger partial charge on any atom is -0.325 e. The summed E-state index contributed by atoms with van der Waals surface area (Å²) in [4.78, 5) is 17.7. The maximum absolute atomic E-state index is 13.1. The molecule has 1 amide bonds. The van der Waals surface area contributed by atoms with Crippen LogP contribution in [0.25, 0.3) is 0 Å². The largest absolute Gasteiger partial charge is 0.325 e. The Labute approximate surface area is 175 Å². The Morgan fingerprint density at radius 3 is 2.54 bits per heavy atom. The molecule has 0 unspecified atom stereocenters. The van der Waals surface area contributed by atoms with Crippen LogP contribution in [0.5, 0.6) is 0 Å². The highest BCUT2D eigenvalue weighted by molar-refractivity contribution is 9.10. The van der Waals surface area contributed by atoms with Crippen molar-refractivity contribution in [1.82, 2.24) is 14.8 Å². The number of para-hydroxylation sites is 1. The number of carbonyl (C=O) groups is 1. The quantitative estimate of drug-likeness (QED) is 0.553. The Morgan fingerprint density at radius 1 is 1.18 bits per heavy atom. The second-order valence-corrected chi connectivity index (χ2v) is 8.97. The van der Waals surface area contributed by atoms with Crippen molar-refractivity contribution < 1.29 is 9.18 Å². The Hall–Kier alpha value is -2.19. The van der Waals surface area contributed by atoms with E-state index in [4.69, 9.17) is 0 Å². The van der Waals surface area contributed by atoms with Gasteiger partial charge in [0.25, 0.3) is 0 Å². The number of hydrogen-bond acceptors (Lipinski definition) is 4. The van der Waals surface area contributed by atoms with Gasteiger partial charge in [0.15, 0.2) is 5.16 Å². The highest BCUT2D eigenvalue weighted by atomic mass is 79.9. The van der Waals surface area contributed by atoms with E-state index in [1.54, 1.807) is 16.8 Å². The van der Waals surface area contributed by atoms with Crippen LogP contribution in [0.15, 0.2) is 63.3 Å². The second-order valence-electron chi connectivity index (χ2n) is 7.25. The van der Waals surface area contributed by atoms with Gasteiger partial charge >= 0.3 is 0 Å². The van der Waals surface area contributed by atoms with Crippen LogP contribution >= 0.6 is 27.7 Å². The van der Waals surface area contributed by atoms with Crippen LogP contribution in [0, 0.1) is 11.2 Å². The van der Waals surface area contributed by atoms with E-state index in [2.05, 4.69) is 31.3 Å². The van der Waals surface area contributed by atoms with Crippen molar-refractivity contribution in [1.29, 1.82) is 0 Å². The van der Waals surface area contributed by atoms with Gasteiger partial charge < -0.3 is 5.32 Å². The van der Waals surface area contributed by atoms with Gasteiger partial charge in [0.05, 0.1) is 12.2 Å². The molecule has 0 saturated carbocycles. The third-order valence-corrected chi connectivity index (χ3v) is 5.27. The lowest BCUT2D eigenvalue weighted by Gasteiger charge is -2.19. The van der Waals surface area contributed by atoms with Crippen LogP contribution in [0.4, 0.5) is 10.1 Å². The third-order valence-electron chi connectivity index (χ3n) is 3.88. The van der Waals surface area contributed by atoms with Crippen LogP contribution < -0.4 is 5.32 Å². The van der Waals surface area contributed by atoms with E-state index in [-0.39, 0.29) is 11.7 Å². The standard InChI is InChI=1S/C20H20BrFN4OS/c1-20(2,3)17(27)23-15-6-4-5-7-16(15)28-19-24-18(21)25-26(19)12-13-8-10-14(22)11-9-13/h4-11H,12H2,1-3H3,(H,23,27). The van der Waals surface area contributed by atoms with Gasteiger partial charge in [-0.25, -0.2) is 9.07 Å². The molecule has 0 spiro atoms. The zero-order valence-corrected chi connectivity index (χ0v) is 18.1. The Bertz CT molecular complexity index is 983. The number of benzene rings is 2. The lowest BCUT2D eigenvalue weighted by molar-refractivity contribution is -0.123. The zero-order valence-electron chi connectivity index (χ0n) is 15.7. The number of halogens is 2. The van der Waals surface area contributed by atoms with Crippen LogP contribution in [-0.4, -0.2) is 20.7 Å². The first kappa shape index (κ1) is 20.5. The summed E-state index contributed by atoms with van der Waals surface area (Å²) in [6.07, 6.45) is 0. The fourth-order valence-corrected chi connectivity index (χ4v) is 3.70. The molecule has 0 aliphatic heterocycles. The summed E-state index contributed by atoms with van der Waals surface area (Å²) in [5.41, 5.74) is 1.14. The monoisotopic (exact) mass is 462 g/mol. The van der Waals surface area contributed by atoms with Gasteiger partial charge in [0.1, 0.15) is 5.82 Å². The molecule has 146 valence electrons. The summed E-state index contributed by atoms with van der Waals surface area (Å²) in [5.74, 6) is -0.337. The van der Waals surface area contributed by atoms with Gasteiger partial charge in [-0.15, -0.1) is 5.10 Å². The summed E-state index contributed by atoms with van der Waals surface area (Å²) in [5, 5.41) is 8.02. The molecule has 1 N–H and O–H groups in total. The van der Waals surface area contributed by atoms with Crippen molar-refractivity contribution in [2.75, 3.05) is 5.32 Å². The number of aromatic nitrogens is 3. The molecule has 0 fully saturated rings. The van der Waals surface area contributed by atoms with E-state index < -0.39 is 5.41 Å². The SMILES string of the molecule is CC(C)(C)C(=O)Nc1ccccc1Sc1nc(Br)nn1Cc1ccc(F)cc1. The van der Waals surface area contributed by atoms with E-state index in [0.717, 1.165) is 16.1 Å². The molecule has 0 aliphatic carbocycles. The molecule has 0 saturated heterocycles. The number of nitrogens with zero attached hydrogens (tertiary/aromatic N) is 3. The molecule has 5 nitrogen and oxygen atoms in total. The summed E-state index contributed by atoms with van der Waals surface area (Å²) in [6.45, 7) is 6.06. The van der Waals surface area contributed by atoms with Gasteiger partial charge in [-0.2, -0.15) is 4.98 Å². The van der Waals surface area contributed by atoms with E-state index >= 15 is 0 Å². The molecular formula is C20H20BrFN4OS. The predicted molar refractivity (Wildman–Crippen MR) is 112 cm³/mol. The summed E-state index contributed by atoms with van der Waals surface area (Å²) >= 11 is 4.73. The molecule has 0 atom stereocenters. The smallest absolute Gasteiger partial charge is 0.229 e. The number of amides is 1. The lowest BCUT2D eigenvalue weighted by atomic mass is 9.95. The molecule has 0 radical (unpaired) electrons. The molecule has 0 bridgehead atoms. The molecule has 2 aromatic carbocycles. The minimum atomic E-state index is -0.497. The van der Waals surface area contributed by atoms with Crippen LogP contribution in [0.2, 0.25) is 0 Å². The maximum Gasteiger partial charge on any atom is 0.229 e. The van der Waals surface area contributed by atoms with Gasteiger partial charge in [0.2, 0.25) is 10.6 Å². The summed E-state index contributed by atoms with van der Waals surface area (Å²) in [6, 6.07) is 13.9. The number of carbonyl (C=O) groups excluding carboxylic acids is 1. The highest BCUT2D eigenvalue weighted by Crippen LogP contribution is 2.34. The fourth-order valence-electron chi connectivity index (χ4n) is 2.31.